The highest BCUT2D eigenvalue weighted by Crippen LogP contribution is 2.14. The Morgan fingerprint density at radius 1 is 0.635 bits per heavy atom. The van der Waals surface area contributed by atoms with Crippen molar-refractivity contribution in [2.75, 3.05) is 67.3 Å². The molecule has 6 N–H and O–H groups in total. The molecular weight excluding hydrogens is 686 g/mol. The van der Waals surface area contributed by atoms with E-state index in [0.29, 0.717) is 0 Å². The predicted molar refractivity (Wildman–Crippen MR) is 186 cm³/mol. The second-order valence-electron chi connectivity index (χ2n) is 11.0. The molecule has 3 amide bonds. The lowest BCUT2D eigenvalue weighted by Crippen LogP contribution is -2.39. The Morgan fingerprint density at radius 3 is 1.33 bits per heavy atom. The number of hydrogen-bond donors (Lipinski definition) is 6. The minimum Gasteiger partial charge on any atom is -0.503 e. The molecular formula is C33H43N7O12. The van der Waals surface area contributed by atoms with Gasteiger partial charge in [-0.3, -0.25) is 28.8 Å². The van der Waals surface area contributed by atoms with Gasteiger partial charge in [-0.2, -0.15) is 0 Å². The van der Waals surface area contributed by atoms with E-state index in [2.05, 4.69) is 16.0 Å². The van der Waals surface area contributed by atoms with Crippen LogP contribution < -0.4 is 32.2 Å². The molecule has 3 aromatic heterocycles. The van der Waals surface area contributed by atoms with Gasteiger partial charge in [0.1, 0.15) is 0 Å². The zero-order valence-corrected chi connectivity index (χ0v) is 29.0. The van der Waals surface area contributed by atoms with Crippen LogP contribution in [-0.2, 0) is 33.8 Å². The Kier molecular flexibility index (Phi) is 15.6. The van der Waals surface area contributed by atoms with Crippen LogP contribution in [0.1, 0.15) is 31.5 Å². The summed E-state index contributed by atoms with van der Waals surface area (Å²) in [6, 6.07) is 3.35. The van der Waals surface area contributed by atoms with Crippen LogP contribution in [-0.4, -0.2) is 119 Å². The van der Waals surface area contributed by atoms with E-state index < -0.39 is 51.3 Å². The molecule has 0 atom stereocenters. The molecule has 0 aromatic carbocycles. The molecule has 0 saturated heterocycles. The Balaban J connectivity index is 1.79. The first-order valence-corrected chi connectivity index (χ1v) is 16.0. The van der Waals surface area contributed by atoms with Crippen LogP contribution in [0.2, 0.25) is 0 Å². The average Bonchev–Trinajstić information content (AvgIpc) is 3.12. The molecule has 19 heteroatoms. The van der Waals surface area contributed by atoms with E-state index in [1.807, 2.05) is 0 Å². The Hall–Kier alpha value is -5.92. The topological polar surface area (TPSA) is 245 Å². The first kappa shape index (κ1) is 40.5. The maximum Gasteiger partial charge on any atom is 0.275 e. The van der Waals surface area contributed by atoms with Gasteiger partial charge >= 0.3 is 0 Å². The Labute approximate surface area is 297 Å². The van der Waals surface area contributed by atoms with Crippen molar-refractivity contribution >= 4 is 17.7 Å². The number of aromatic hydroxyl groups is 3. The molecule has 0 aliphatic rings. The zero-order valence-electron chi connectivity index (χ0n) is 29.0. The van der Waals surface area contributed by atoms with Gasteiger partial charge < -0.3 is 64.1 Å². The fourth-order valence-electron chi connectivity index (χ4n) is 4.87. The number of aromatic nitrogens is 3. The normalized spacial score (nSPS) is 11.1. The lowest BCUT2D eigenvalue weighted by Gasteiger charge is -2.22. The predicted octanol–water partition coefficient (Wildman–Crippen LogP) is -1.41. The molecule has 0 radical (unpaired) electrons. The molecule has 3 heterocycles. The molecule has 0 fully saturated rings. The van der Waals surface area contributed by atoms with Crippen molar-refractivity contribution in [1.82, 2.24) is 34.6 Å². The Morgan fingerprint density at radius 2 is 0.981 bits per heavy atom. The van der Waals surface area contributed by atoms with Crippen molar-refractivity contribution in [2.45, 2.75) is 19.6 Å². The minimum atomic E-state index is -0.814. The molecule has 3 rings (SSSR count). The molecule has 19 nitrogen and oxygen atoms in total. The number of nitrogens with one attached hydrogen (secondary N) is 3. The van der Waals surface area contributed by atoms with E-state index >= 15 is 0 Å². The number of rotatable bonds is 20. The van der Waals surface area contributed by atoms with Gasteiger partial charge in [0.15, 0.2) is 34.3 Å². The molecule has 0 saturated carbocycles. The van der Waals surface area contributed by atoms with E-state index in [4.69, 9.17) is 14.2 Å². The van der Waals surface area contributed by atoms with Crippen molar-refractivity contribution < 1.29 is 43.9 Å². The summed E-state index contributed by atoms with van der Waals surface area (Å²) in [7, 11) is 4.37. The third-order valence-electron chi connectivity index (χ3n) is 7.58. The zero-order chi connectivity index (χ0) is 38.2. The smallest absolute Gasteiger partial charge is 0.275 e. The second-order valence-corrected chi connectivity index (χ2v) is 11.0. The lowest BCUT2D eigenvalue weighted by atomic mass is 10.2. The van der Waals surface area contributed by atoms with Crippen LogP contribution in [0.15, 0.2) is 63.6 Å². The summed E-state index contributed by atoms with van der Waals surface area (Å²) in [5, 5.41) is 38.8. The van der Waals surface area contributed by atoms with Crippen molar-refractivity contribution in [3.8, 4) is 17.2 Å². The van der Waals surface area contributed by atoms with Crippen LogP contribution >= 0.6 is 0 Å². The van der Waals surface area contributed by atoms with Crippen molar-refractivity contribution in [1.29, 1.82) is 0 Å². The van der Waals surface area contributed by atoms with Crippen molar-refractivity contribution in [3.63, 3.8) is 0 Å². The molecule has 0 bridgehead atoms. The monoisotopic (exact) mass is 729 g/mol. The SMILES string of the molecule is COCCn1ccc(=O)c(O)c1C(=O)N/C=C/N(CCNC(=O)c1c(O)c(=O)ccn1CCOC)CCNC(=O)c1c(O)c(=O)ccn1CCOC. The van der Waals surface area contributed by atoms with Gasteiger partial charge in [-0.25, -0.2) is 0 Å². The Bertz CT molecular complexity index is 1830. The number of carbonyl (C=O) groups is 3. The number of pyridine rings is 3. The third kappa shape index (κ3) is 10.8. The highest BCUT2D eigenvalue weighted by molar-refractivity contribution is 5.96. The second kappa shape index (κ2) is 20.1. The van der Waals surface area contributed by atoms with Crippen LogP contribution in [0, 0.1) is 0 Å². The van der Waals surface area contributed by atoms with E-state index in [1.54, 1.807) is 4.90 Å². The minimum absolute atomic E-state index is 0.0517. The molecule has 0 aliphatic carbocycles. The molecule has 282 valence electrons. The van der Waals surface area contributed by atoms with E-state index in [0.717, 1.165) is 18.2 Å². The number of ether oxygens (including phenoxy) is 3. The van der Waals surface area contributed by atoms with Crippen LogP contribution in [0.3, 0.4) is 0 Å². The van der Waals surface area contributed by atoms with Gasteiger partial charge in [-0.15, -0.1) is 0 Å². The number of carbonyl (C=O) groups excluding carboxylic acids is 3. The van der Waals surface area contributed by atoms with Gasteiger partial charge in [0.05, 0.1) is 19.8 Å². The first-order chi connectivity index (χ1) is 24.9. The number of hydrogen-bond acceptors (Lipinski definition) is 13. The summed E-state index contributed by atoms with van der Waals surface area (Å²) in [6.45, 7) is 1.12. The van der Waals surface area contributed by atoms with E-state index in [-0.39, 0.29) is 82.7 Å². The first-order valence-electron chi connectivity index (χ1n) is 16.0. The number of methoxy groups -OCH3 is 3. The van der Waals surface area contributed by atoms with Gasteiger partial charge in [-0.1, -0.05) is 0 Å². The van der Waals surface area contributed by atoms with Crippen LogP contribution in [0.25, 0.3) is 0 Å². The van der Waals surface area contributed by atoms with Crippen LogP contribution in [0.4, 0.5) is 0 Å². The lowest BCUT2D eigenvalue weighted by molar-refractivity contribution is 0.0930. The van der Waals surface area contributed by atoms with Gasteiger partial charge in [0.2, 0.25) is 16.3 Å². The largest absolute Gasteiger partial charge is 0.503 e. The molecule has 3 aromatic rings. The number of amides is 3. The standard InChI is InChI=1S/C33H43N7O12/c1-50-19-16-38-10-4-22(41)28(44)25(38)31(47)34-7-13-37(14-8-35-32(48)26-29(45)23(42)5-11-39(26)17-20-51-2)15-9-36-33(49)27-30(46)24(43)6-12-40(27)18-21-52-3/h4-7,10-13,44-46H,8-9,14-21H2,1-3H3,(H,34,47)(H,35,48)(H,36,49)/b13-7+. The summed E-state index contributed by atoms with van der Waals surface area (Å²) < 4.78 is 19.2. The quantitative estimate of drug-likeness (QED) is 0.0784. The highest BCUT2D eigenvalue weighted by atomic mass is 16.5. The summed E-state index contributed by atoms with van der Waals surface area (Å²) in [5.74, 6) is -4.54. The summed E-state index contributed by atoms with van der Waals surface area (Å²) in [4.78, 5) is 77.1. The molecule has 0 spiro atoms. The molecule has 0 unspecified atom stereocenters. The van der Waals surface area contributed by atoms with Crippen LogP contribution in [0.5, 0.6) is 17.2 Å². The van der Waals surface area contributed by atoms with Gasteiger partial charge in [-0.05, 0) is 0 Å². The van der Waals surface area contributed by atoms with Gasteiger partial charge in [0, 0.05) is 116 Å². The summed E-state index contributed by atoms with van der Waals surface area (Å²) in [5.41, 5.74) is -3.09. The molecule has 0 aliphatic heterocycles. The average molecular weight is 730 g/mol. The van der Waals surface area contributed by atoms with Gasteiger partial charge in [0.25, 0.3) is 17.7 Å². The summed E-state index contributed by atoms with van der Waals surface area (Å²) in [6.07, 6.45) is 6.69. The number of nitrogens with zero attached hydrogens (tertiary/aromatic N) is 4. The highest BCUT2D eigenvalue weighted by Gasteiger charge is 2.21. The van der Waals surface area contributed by atoms with Crippen molar-refractivity contribution in [3.05, 3.63) is 96.9 Å². The summed E-state index contributed by atoms with van der Waals surface area (Å²) >= 11 is 0. The maximum atomic E-state index is 13.1. The fraction of sp³-hybridized carbons (Fsp3) is 0.394. The third-order valence-corrected chi connectivity index (χ3v) is 7.58. The van der Waals surface area contributed by atoms with Crippen molar-refractivity contribution in [2.24, 2.45) is 0 Å². The molecule has 52 heavy (non-hydrogen) atoms. The maximum absolute atomic E-state index is 13.1. The fourth-order valence-corrected chi connectivity index (χ4v) is 4.87. The van der Waals surface area contributed by atoms with E-state index in [1.165, 1.54) is 66.0 Å². The van der Waals surface area contributed by atoms with E-state index in [9.17, 15) is 44.1 Å².